The molecule has 3 aliphatic rings. The molecule has 0 amide bonds. The maximum atomic E-state index is 11.2. The highest BCUT2D eigenvalue weighted by Gasteiger charge is 2.58. The number of aldehydes is 1. The van der Waals surface area contributed by atoms with E-state index in [1.807, 2.05) is 0 Å². The number of aliphatic hydroxyl groups is 2. The van der Waals surface area contributed by atoms with E-state index in [9.17, 15) is 15.0 Å². The molecule has 0 saturated heterocycles. The summed E-state index contributed by atoms with van der Waals surface area (Å²) >= 11 is 0. The summed E-state index contributed by atoms with van der Waals surface area (Å²) in [6, 6.07) is 0. The van der Waals surface area contributed by atoms with E-state index in [0.717, 1.165) is 44.8 Å². The van der Waals surface area contributed by atoms with Crippen LogP contribution in [0.5, 0.6) is 0 Å². The zero-order valence-corrected chi connectivity index (χ0v) is 14.3. The fourth-order valence-electron chi connectivity index (χ4n) is 6.40. The predicted molar refractivity (Wildman–Crippen MR) is 86.2 cm³/mol. The van der Waals surface area contributed by atoms with Gasteiger partial charge in [0.2, 0.25) is 0 Å². The molecule has 3 nitrogen and oxygen atoms in total. The predicted octanol–water partition coefficient (Wildman–Crippen LogP) is 3.18. The van der Waals surface area contributed by atoms with Gasteiger partial charge in [-0.25, -0.2) is 0 Å². The smallest absolute Gasteiger partial charge is 0.123 e. The molecule has 0 aromatic carbocycles. The van der Waals surface area contributed by atoms with Crippen molar-refractivity contribution in [2.45, 2.75) is 77.9 Å². The average molecular weight is 308 g/mol. The van der Waals surface area contributed by atoms with Crippen molar-refractivity contribution in [1.82, 2.24) is 0 Å². The van der Waals surface area contributed by atoms with E-state index in [1.165, 1.54) is 0 Å². The van der Waals surface area contributed by atoms with Crippen LogP contribution in [0.2, 0.25) is 0 Å². The third-order valence-corrected chi connectivity index (χ3v) is 7.74. The van der Waals surface area contributed by atoms with Crippen LogP contribution in [-0.2, 0) is 4.79 Å². The third-order valence-electron chi connectivity index (χ3n) is 7.74. The highest BCUT2D eigenvalue weighted by atomic mass is 16.3. The number of hydrogen-bond acceptors (Lipinski definition) is 3. The molecule has 3 heteroatoms. The van der Waals surface area contributed by atoms with E-state index < -0.39 is 0 Å². The summed E-state index contributed by atoms with van der Waals surface area (Å²) in [4.78, 5) is 11.2. The minimum absolute atomic E-state index is 0.0323. The molecule has 2 N–H and O–H groups in total. The van der Waals surface area contributed by atoms with Crippen molar-refractivity contribution in [1.29, 1.82) is 0 Å². The van der Waals surface area contributed by atoms with Gasteiger partial charge in [-0.05, 0) is 73.5 Å². The number of aliphatic hydroxyl groups excluding tert-OH is 2. The molecular formula is C19H32O3. The monoisotopic (exact) mass is 308 g/mol. The quantitative estimate of drug-likeness (QED) is 0.732. The summed E-state index contributed by atoms with van der Waals surface area (Å²) in [6.45, 7) is 6.85. The van der Waals surface area contributed by atoms with Gasteiger partial charge in [0.05, 0.1) is 12.2 Å². The van der Waals surface area contributed by atoms with Gasteiger partial charge in [-0.3, -0.25) is 0 Å². The molecule has 7 atom stereocenters. The van der Waals surface area contributed by atoms with Gasteiger partial charge in [0.15, 0.2) is 0 Å². The SMILES string of the molecule is CC1(C)C(O)CCC2(C)C3CCC(C=O)CC(O)C3CCC12. The molecular weight excluding hydrogens is 276 g/mol. The zero-order chi connectivity index (χ0) is 16.1. The second-order valence-electron chi connectivity index (χ2n) is 9.06. The van der Waals surface area contributed by atoms with Gasteiger partial charge >= 0.3 is 0 Å². The number of hydrogen-bond donors (Lipinski definition) is 2. The van der Waals surface area contributed by atoms with Crippen molar-refractivity contribution in [3.8, 4) is 0 Å². The molecule has 3 aliphatic carbocycles. The Morgan fingerprint density at radius 1 is 1.00 bits per heavy atom. The van der Waals surface area contributed by atoms with E-state index in [0.29, 0.717) is 24.2 Å². The van der Waals surface area contributed by atoms with Gasteiger partial charge in [0.1, 0.15) is 6.29 Å². The van der Waals surface area contributed by atoms with Gasteiger partial charge in [-0.2, -0.15) is 0 Å². The molecule has 3 saturated carbocycles. The van der Waals surface area contributed by atoms with Crippen LogP contribution >= 0.6 is 0 Å². The van der Waals surface area contributed by atoms with Crippen LogP contribution < -0.4 is 0 Å². The van der Waals surface area contributed by atoms with Crippen LogP contribution in [-0.4, -0.2) is 28.7 Å². The fraction of sp³-hybridized carbons (Fsp3) is 0.947. The van der Waals surface area contributed by atoms with E-state index in [4.69, 9.17) is 0 Å². The molecule has 3 rings (SSSR count). The maximum Gasteiger partial charge on any atom is 0.123 e. The first-order chi connectivity index (χ1) is 10.3. The molecule has 0 heterocycles. The lowest BCUT2D eigenvalue weighted by Crippen LogP contribution is -2.57. The van der Waals surface area contributed by atoms with Crippen molar-refractivity contribution in [3.63, 3.8) is 0 Å². The normalized spacial score (nSPS) is 51.3. The summed E-state index contributed by atoms with van der Waals surface area (Å²) in [5.74, 6) is 1.39. The summed E-state index contributed by atoms with van der Waals surface area (Å²) in [5.41, 5.74) is 0.156. The molecule has 3 fully saturated rings. The van der Waals surface area contributed by atoms with Crippen molar-refractivity contribution in [2.75, 3.05) is 0 Å². The van der Waals surface area contributed by atoms with Crippen LogP contribution in [0, 0.1) is 34.5 Å². The van der Waals surface area contributed by atoms with Crippen molar-refractivity contribution in [3.05, 3.63) is 0 Å². The average Bonchev–Trinajstić information content (AvgIpc) is 2.63. The fourth-order valence-corrected chi connectivity index (χ4v) is 6.40. The molecule has 7 unspecified atom stereocenters. The Labute approximate surface area is 134 Å². The number of carbonyl (C=O) groups is 1. The van der Waals surface area contributed by atoms with E-state index in [-0.39, 0.29) is 29.0 Å². The first-order valence-corrected chi connectivity index (χ1v) is 9.12. The lowest BCUT2D eigenvalue weighted by atomic mass is 9.45. The lowest BCUT2D eigenvalue weighted by molar-refractivity contribution is -0.162. The molecule has 126 valence electrons. The molecule has 0 aliphatic heterocycles. The Kier molecular flexibility index (Phi) is 4.18. The first-order valence-electron chi connectivity index (χ1n) is 9.12. The summed E-state index contributed by atoms with van der Waals surface area (Å²) in [7, 11) is 0. The first kappa shape index (κ1) is 16.4. The second kappa shape index (κ2) is 5.59. The van der Waals surface area contributed by atoms with Crippen molar-refractivity contribution in [2.24, 2.45) is 34.5 Å². The molecule has 22 heavy (non-hydrogen) atoms. The van der Waals surface area contributed by atoms with Crippen LogP contribution in [0.1, 0.15) is 65.7 Å². The number of carbonyl (C=O) groups excluding carboxylic acids is 1. The minimum atomic E-state index is -0.324. The molecule has 0 radical (unpaired) electrons. The summed E-state index contributed by atoms with van der Waals surface area (Å²) in [5, 5.41) is 21.1. The Balaban J connectivity index is 1.92. The van der Waals surface area contributed by atoms with E-state index in [1.54, 1.807) is 0 Å². The topological polar surface area (TPSA) is 57.5 Å². The highest BCUT2D eigenvalue weighted by Crippen LogP contribution is 2.63. The Morgan fingerprint density at radius 2 is 1.73 bits per heavy atom. The highest BCUT2D eigenvalue weighted by molar-refractivity contribution is 5.53. The van der Waals surface area contributed by atoms with Crippen molar-refractivity contribution >= 4 is 6.29 Å². The lowest BCUT2D eigenvalue weighted by Gasteiger charge is -2.61. The van der Waals surface area contributed by atoms with E-state index >= 15 is 0 Å². The number of rotatable bonds is 1. The largest absolute Gasteiger partial charge is 0.393 e. The Morgan fingerprint density at radius 3 is 2.41 bits per heavy atom. The Bertz CT molecular complexity index is 432. The maximum absolute atomic E-state index is 11.2. The van der Waals surface area contributed by atoms with Crippen molar-refractivity contribution < 1.29 is 15.0 Å². The van der Waals surface area contributed by atoms with Crippen LogP contribution in [0.3, 0.4) is 0 Å². The van der Waals surface area contributed by atoms with Gasteiger partial charge in [-0.15, -0.1) is 0 Å². The summed E-state index contributed by atoms with van der Waals surface area (Å²) < 4.78 is 0. The van der Waals surface area contributed by atoms with Crippen LogP contribution in [0.15, 0.2) is 0 Å². The molecule has 0 bridgehead atoms. The van der Waals surface area contributed by atoms with Crippen LogP contribution in [0.4, 0.5) is 0 Å². The zero-order valence-electron chi connectivity index (χ0n) is 14.3. The van der Waals surface area contributed by atoms with E-state index in [2.05, 4.69) is 20.8 Å². The van der Waals surface area contributed by atoms with Gasteiger partial charge < -0.3 is 15.0 Å². The molecule has 0 spiro atoms. The van der Waals surface area contributed by atoms with Gasteiger partial charge in [0, 0.05) is 5.92 Å². The molecule has 0 aromatic rings. The van der Waals surface area contributed by atoms with Crippen LogP contribution in [0.25, 0.3) is 0 Å². The molecule has 0 aromatic heterocycles. The standard InChI is InChI=1S/C19H32O3/c1-18(2)16-7-5-13-14(19(16,3)9-8-17(18)22)6-4-12(11-20)10-15(13)21/h11-17,21-22H,4-10H2,1-3H3. The second-order valence-corrected chi connectivity index (χ2v) is 9.06. The van der Waals surface area contributed by atoms with Gasteiger partial charge in [0.25, 0.3) is 0 Å². The minimum Gasteiger partial charge on any atom is -0.393 e. The third kappa shape index (κ3) is 2.36. The summed E-state index contributed by atoms with van der Waals surface area (Å²) in [6.07, 6.45) is 7.23. The number of fused-ring (bicyclic) bond motifs is 3. The van der Waals surface area contributed by atoms with Gasteiger partial charge in [-0.1, -0.05) is 20.8 Å². The Hall–Kier alpha value is -0.410.